The van der Waals surface area contributed by atoms with Crippen molar-refractivity contribution in [3.8, 4) is 0 Å². The van der Waals surface area contributed by atoms with Gasteiger partial charge in [-0.25, -0.2) is 0 Å². The second kappa shape index (κ2) is 3.72. The summed E-state index contributed by atoms with van der Waals surface area (Å²) in [6.45, 7) is 3.55. The minimum absolute atomic E-state index is 0.153. The molecule has 0 atom stereocenters. The van der Waals surface area contributed by atoms with E-state index in [4.69, 9.17) is 4.74 Å². The Morgan fingerprint density at radius 2 is 2.00 bits per heavy atom. The minimum Gasteiger partial charge on any atom is -0.462 e. The number of hydrogen-bond donors (Lipinski definition) is 0. The van der Waals surface area contributed by atoms with Gasteiger partial charge in [-0.15, -0.1) is 0 Å². The summed E-state index contributed by atoms with van der Waals surface area (Å²) >= 11 is 0. The average molecular weight is 158 g/mol. The lowest BCUT2D eigenvalue weighted by Crippen LogP contribution is -2.34. The number of nitrogens with zero attached hydrogens (tertiary/aromatic N) is 1. The summed E-state index contributed by atoms with van der Waals surface area (Å²) in [7, 11) is 2.09. The Hall–Kier alpha value is -0.570. The molecule has 3 heteroatoms. The number of carbonyl (C=O) groups excluding carboxylic acids is 1. The molecule has 0 aromatic carbocycles. The molecule has 1 aliphatic heterocycles. The van der Waals surface area contributed by atoms with Crippen molar-refractivity contribution in [3.63, 3.8) is 0 Å². The van der Waals surface area contributed by atoms with Crippen molar-refractivity contribution in [3.05, 3.63) is 0 Å². The van der Waals surface area contributed by atoms with Crippen molar-refractivity contribution in [1.82, 2.24) is 4.90 Å². The first-order valence-corrected chi connectivity index (χ1v) is 4.04. The first kappa shape index (κ1) is 8.53. The van der Waals surface area contributed by atoms with E-state index in [9.17, 15) is 4.79 Å². The lowest BCUT2D eigenvalue weighted by atomic mass is 10.1. The van der Waals surface area contributed by atoms with E-state index < -0.39 is 0 Å². The minimum atomic E-state index is -0.153. The quantitative estimate of drug-likeness (QED) is 0.414. The molecular weight excluding hydrogens is 143 g/mol. The molecule has 0 N–H and O–H groups in total. The standard InChI is InChI=1S/C8H15NO2/c1-7(10)11-8-3-5-9(2)6-4-8/h8H,3-6H2,1-2H3/i7+1. The Bertz CT molecular complexity index is 139. The van der Waals surface area contributed by atoms with Gasteiger partial charge >= 0.3 is 5.97 Å². The smallest absolute Gasteiger partial charge is 0.302 e. The molecule has 0 spiro atoms. The van der Waals surface area contributed by atoms with Gasteiger partial charge in [0, 0.05) is 20.0 Å². The molecule has 0 amide bonds. The van der Waals surface area contributed by atoms with Gasteiger partial charge in [0.1, 0.15) is 6.10 Å². The summed E-state index contributed by atoms with van der Waals surface area (Å²) in [4.78, 5) is 12.8. The van der Waals surface area contributed by atoms with Gasteiger partial charge in [-0.1, -0.05) is 0 Å². The molecule has 0 aliphatic carbocycles. The number of carbonyl (C=O) groups is 1. The summed E-state index contributed by atoms with van der Waals surface area (Å²) in [5.41, 5.74) is 0. The second-order valence-electron chi connectivity index (χ2n) is 3.11. The third kappa shape index (κ3) is 2.89. The average Bonchev–Trinajstić information content (AvgIpc) is 1.93. The number of piperidine rings is 1. The monoisotopic (exact) mass is 158 g/mol. The summed E-state index contributed by atoms with van der Waals surface area (Å²) in [6, 6.07) is 0. The summed E-state index contributed by atoms with van der Waals surface area (Å²) in [5, 5.41) is 0. The van der Waals surface area contributed by atoms with Crippen molar-refractivity contribution in [2.45, 2.75) is 25.9 Å². The number of rotatable bonds is 1. The SMILES string of the molecule is C[13C](=O)OC1CCN(C)CC1. The molecule has 3 nitrogen and oxygen atoms in total. The highest BCUT2D eigenvalue weighted by Crippen LogP contribution is 2.11. The molecule has 0 aromatic rings. The van der Waals surface area contributed by atoms with Crippen LogP contribution in [0.1, 0.15) is 19.8 Å². The molecule has 0 aromatic heterocycles. The Labute approximate surface area is 67.3 Å². The maximum absolute atomic E-state index is 10.6. The van der Waals surface area contributed by atoms with Gasteiger partial charge in [0.25, 0.3) is 0 Å². The van der Waals surface area contributed by atoms with Crippen LogP contribution in [0.25, 0.3) is 0 Å². The Balaban J connectivity index is 2.22. The van der Waals surface area contributed by atoms with E-state index in [0.29, 0.717) is 0 Å². The Kier molecular flexibility index (Phi) is 2.88. The molecule has 1 saturated heterocycles. The van der Waals surface area contributed by atoms with Gasteiger partial charge in [0.05, 0.1) is 0 Å². The number of esters is 1. The van der Waals surface area contributed by atoms with Gasteiger partial charge < -0.3 is 9.64 Å². The van der Waals surface area contributed by atoms with E-state index in [2.05, 4.69) is 11.9 Å². The second-order valence-corrected chi connectivity index (χ2v) is 3.11. The zero-order valence-corrected chi connectivity index (χ0v) is 7.17. The van der Waals surface area contributed by atoms with Crippen LogP contribution < -0.4 is 0 Å². The first-order chi connectivity index (χ1) is 5.18. The number of likely N-dealkylation sites (tertiary alicyclic amines) is 1. The fraction of sp³-hybridized carbons (Fsp3) is 0.875. The van der Waals surface area contributed by atoms with Crippen molar-refractivity contribution in [2.75, 3.05) is 20.1 Å². The summed E-state index contributed by atoms with van der Waals surface area (Å²) < 4.78 is 5.07. The zero-order chi connectivity index (χ0) is 8.27. The molecular formula is C8H15NO2. The summed E-state index contributed by atoms with van der Waals surface area (Å²) in [5.74, 6) is -0.153. The van der Waals surface area contributed by atoms with Crippen molar-refractivity contribution < 1.29 is 9.53 Å². The third-order valence-electron chi connectivity index (χ3n) is 2.00. The van der Waals surface area contributed by atoms with Crippen LogP contribution in [0.2, 0.25) is 0 Å². The fourth-order valence-electron chi connectivity index (χ4n) is 1.34. The van der Waals surface area contributed by atoms with Crippen LogP contribution in [0.15, 0.2) is 0 Å². The van der Waals surface area contributed by atoms with Crippen LogP contribution in [-0.2, 0) is 9.53 Å². The Morgan fingerprint density at radius 1 is 1.45 bits per heavy atom. The maximum Gasteiger partial charge on any atom is 0.302 e. The molecule has 64 valence electrons. The molecule has 0 saturated carbocycles. The van der Waals surface area contributed by atoms with Crippen LogP contribution in [0.4, 0.5) is 0 Å². The topological polar surface area (TPSA) is 29.5 Å². The zero-order valence-electron chi connectivity index (χ0n) is 7.17. The largest absolute Gasteiger partial charge is 0.462 e. The van der Waals surface area contributed by atoms with Gasteiger partial charge in [-0.05, 0) is 19.9 Å². The highest BCUT2D eigenvalue weighted by atomic mass is 16.6. The van der Waals surface area contributed by atoms with E-state index in [1.807, 2.05) is 0 Å². The molecule has 1 aliphatic rings. The van der Waals surface area contributed by atoms with Crippen molar-refractivity contribution in [1.29, 1.82) is 0 Å². The molecule has 0 radical (unpaired) electrons. The van der Waals surface area contributed by atoms with E-state index in [0.717, 1.165) is 25.9 Å². The third-order valence-corrected chi connectivity index (χ3v) is 2.00. The highest BCUT2D eigenvalue weighted by molar-refractivity contribution is 5.66. The predicted molar refractivity (Wildman–Crippen MR) is 42.3 cm³/mol. The van der Waals surface area contributed by atoms with Crippen LogP contribution >= 0.6 is 0 Å². The maximum atomic E-state index is 10.6. The Morgan fingerprint density at radius 3 is 2.45 bits per heavy atom. The van der Waals surface area contributed by atoms with Gasteiger partial charge in [-0.3, -0.25) is 4.79 Å². The highest BCUT2D eigenvalue weighted by Gasteiger charge is 2.18. The lowest BCUT2D eigenvalue weighted by molar-refractivity contribution is -0.148. The predicted octanol–water partition coefficient (Wildman–Crippen LogP) is 0.644. The van der Waals surface area contributed by atoms with Crippen LogP contribution in [0.5, 0.6) is 0 Å². The molecule has 1 rings (SSSR count). The normalized spacial score (nSPS) is 21.6. The fourth-order valence-corrected chi connectivity index (χ4v) is 1.34. The molecule has 0 bridgehead atoms. The molecule has 0 unspecified atom stereocenters. The molecule has 1 fully saturated rings. The number of ether oxygens (including phenoxy) is 1. The van der Waals surface area contributed by atoms with Crippen molar-refractivity contribution in [2.24, 2.45) is 0 Å². The van der Waals surface area contributed by atoms with Crippen LogP contribution in [0, 0.1) is 0 Å². The van der Waals surface area contributed by atoms with E-state index in [1.54, 1.807) is 0 Å². The van der Waals surface area contributed by atoms with Crippen molar-refractivity contribution >= 4 is 5.97 Å². The van der Waals surface area contributed by atoms with Crippen LogP contribution in [-0.4, -0.2) is 37.1 Å². The van der Waals surface area contributed by atoms with Crippen LogP contribution in [0.3, 0.4) is 0 Å². The first-order valence-electron chi connectivity index (χ1n) is 4.04. The van der Waals surface area contributed by atoms with E-state index >= 15 is 0 Å². The lowest BCUT2D eigenvalue weighted by Gasteiger charge is -2.28. The summed E-state index contributed by atoms with van der Waals surface area (Å²) in [6.07, 6.45) is 2.13. The molecule has 1 heterocycles. The van der Waals surface area contributed by atoms with Gasteiger partial charge in [0.15, 0.2) is 0 Å². The van der Waals surface area contributed by atoms with E-state index in [1.165, 1.54) is 6.92 Å². The number of hydrogen-bond acceptors (Lipinski definition) is 3. The molecule has 11 heavy (non-hydrogen) atoms. The van der Waals surface area contributed by atoms with Gasteiger partial charge in [0.2, 0.25) is 0 Å². The van der Waals surface area contributed by atoms with Gasteiger partial charge in [-0.2, -0.15) is 0 Å². The van der Waals surface area contributed by atoms with E-state index in [-0.39, 0.29) is 12.1 Å².